The van der Waals surface area contributed by atoms with Crippen LogP contribution in [-0.2, 0) is 14.3 Å². The van der Waals surface area contributed by atoms with Crippen LogP contribution in [-0.4, -0.2) is 97.2 Å². The van der Waals surface area contributed by atoms with Gasteiger partial charge in [0.05, 0.1) is 23.8 Å². The fraction of sp³-hybridized carbons (Fsp3) is 0.577. The number of piperidine rings is 1. The van der Waals surface area contributed by atoms with E-state index in [2.05, 4.69) is 32.0 Å². The second-order valence-electron chi connectivity index (χ2n) is 11.7. The maximum Gasteiger partial charge on any atom is 0.408 e. The molecule has 3 unspecified atom stereocenters. The van der Waals surface area contributed by atoms with E-state index in [0.717, 1.165) is 17.7 Å². The Morgan fingerprint density at radius 1 is 1.26 bits per heavy atom. The molecule has 4 fully saturated rings. The molecule has 13 heteroatoms. The van der Waals surface area contributed by atoms with Gasteiger partial charge in [0, 0.05) is 24.7 Å². The number of hydrogen-bond donors (Lipinski definition) is 2. The second kappa shape index (κ2) is 9.30. The Balaban J connectivity index is 1.21. The first-order valence-corrected chi connectivity index (χ1v) is 13.3. The Bertz CT molecular complexity index is 1330. The number of hydrogen-bond acceptors (Lipinski definition) is 9. The molecule has 3 amide bonds. The number of nitrogens with zero attached hydrogens (tertiary/aromatic N) is 7. The minimum absolute atomic E-state index is 0.0410. The SMILES string of the molecule is CC(C)(C)OC(=O)NC(CN1C[C@@H]2CC1C(=O)N2c1ccccc1-c1nnn[nH]1)C(=O)N1C(C#N)C[C@@H]2C[C@@H]21. The number of para-hydroxylation sites is 1. The molecule has 0 spiro atoms. The van der Waals surface area contributed by atoms with E-state index in [1.807, 2.05) is 29.2 Å². The van der Waals surface area contributed by atoms with Crippen molar-refractivity contribution in [2.75, 3.05) is 18.0 Å². The Hall–Kier alpha value is -4.05. The van der Waals surface area contributed by atoms with Gasteiger partial charge < -0.3 is 19.9 Å². The molecular weight excluding hydrogens is 502 g/mol. The zero-order valence-corrected chi connectivity index (χ0v) is 22.1. The minimum Gasteiger partial charge on any atom is -0.444 e. The lowest BCUT2D eigenvalue weighted by molar-refractivity contribution is -0.136. The molecule has 1 aromatic heterocycles. The lowest BCUT2D eigenvalue weighted by Crippen LogP contribution is -2.59. The van der Waals surface area contributed by atoms with Gasteiger partial charge in [0.25, 0.3) is 0 Å². The van der Waals surface area contributed by atoms with Crippen molar-refractivity contribution < 1.29 is 19.1 Å². The van der Waals surface area contributed by atoms with Crippen molar-refractivity contribution in [3.8, 4) is 17.5 Å². The first-order chi connectivity index (χ1) is 18.6. The highest BCUT2D eigenvalue weighted by atomic mass is 16.6. The van der Waals surface area contributed by atoms with E-state index in [1.54, 1.807) is 30.6 Å². The summed E-state index contributed by atoms with van der Waals surface area (Å²) < 4.78 is 5.44. The number of nitrogens with one attached hydrogen (secondary N) is 2. The van der Waals surface area contributed by atoms with Gasteiger partial charge in [-0.1, -0.05) is 12.1 Å². The van der Waals surface area contributed by atoms with Crippen LogP contribution in [0.3, 0.4) is 0 Å². The number of nitriles is 1. The Labute approximate surface area is 225 Å². The Morgan fingerprint density at radius 2 is 2.05 bits per heavy atom. The molecule has 39 heavy (non-hydrogen) atoms. The number of carbonyl (C=O) groups is 3. The van der Waals surface area contributed by atoms with Gasteiger partial charge in [-0.3, -0.25) is 14.5 Å². The van der Waals surface area contributed by atoms with Crippen molar-refractivity contribution in [2.24, 2.45) is 5.92 Å². The normalized spacial score (nSPS) is 28.3. The summed E-state index contributed by atoms with van der Waals surface area (Å²) in [6, 6.07) is 7.76. The topological polar surface area (TPSA) is 160 Å². The number of amides is 3. The molecule has 1 aromatic carbocycles. The van der Waals surface area contributed by atoms with Gasteiger partial charge in [-0.25, -0.2) is 9.89 Å². The molecule has 3 aliphatic heterocycles. The summed E-state index contributed by atoms with van der Waals surface area (Å²) in [6.45, 7) is 5.95. The fourth-order valence-corrected chi connectivity index (χ4v) is 6.28. The van der Waals surface area contributed by atoms with Gasteiger partial charge in [-0.05, 0) is 68.5 Å². The molecule has 2 aromatic rings. The van der Waals surface area contributed by atoms with Crippen molar-refractivity contribution >= 4 is 23.6 Å². The van der Waals surface area contributed by atoms with Crippen LogP contribution in [0.5, 0.6) is 0 Å². The molecule has 0 radical (unpaired) electrons. The van der Waals surface area contributed by atoms with Gasteiger partial charge in [-0.15, -0.1) is 5.10 Å². The van der Waals surface area contributed by atoms with E-state index in [9.17, 15) is 19.6 Å². The number of fused-ring (bicyclic) bond motifs is 3. The first-order valence-electron chi connectivity index (χ1n) is 13.3. The van der Waals surface area contributed by atoms with Crippen LogP contribution in [0.25, 0.3) is 11.4 Å². The van der Waals surface area contributed by atoms with E-state index in [0.29, 0.717) is 31.1 Å². The number of benzene rings is 1. The number of anilines is 1. The van der Waals surface area contributed by atoms with E-state index in [1.165, 1.54) is 0 Å². The average Bonchev–Trinajstić information content (AvgIpc) is 3.32. The summed E-state index contributed by atoms with van der Waals surface area (Å²) in [5, 5.41) is 26.5. The number of ether oxygens (including phenoxy) is 1. The third-order valence-electron chi connectivity index (χ3n) is 7.95. The average molecular weight is 534 g/mol. The Morgan fingerprint density at radius 3 is 2.74 bits per heavy atom. The third-order valence-corrected chi connectivity index (χ3v) is 7.95. The van der Waals surface area contributed by atoms with Crippen LogP contribution in [0.1, 0.15) is 40.0 Å². The first kappa shape index (κ1) is 25.2. The van der Waals surface area contributed by atoms with Crippen LogP contribution in [0.2, 0.25) is 0 Å². The lowest BCUT2D eigenvalue weighted by atomic mass is 10.1. The number of rotatable bonds is 6. The highest BCUT2D eigenvalue weighted by Crippen LogP contribution is 2.48. The number of aromatic nitrogens is 4. The van der Waals surface area contributed by atoms with Crippen LogP contribution >= 0.6 is 0 Å². The molecule has 1 aliphatic carbocycles. The number of likely N-dealkylation sites (tertiary alicyclic amines) is 2. The number of aromatic amines is 1. The van der Waals surface area contributed by atoms with Gasteiger partial charge in [0.15, 0.2) is 5.82 Å². The summed E-state index contributed by atoms with van der Waals surface area (Å²) in [7, 11) is 0. The minimum atomic E-state index is -0.941. The van der Waals surface area contributed by atoms with Crippen molar-refractivity contribution in [3.05, 3.63) is 24.3 Å². The monoisotopic (exact) mass is 533 g/mol. The predicted molar refractivity (Wildman–Crippen MR) is 137 cm³/mol. The summed E-state index contributed by atoms with van der Waals surface area (Å²) in [6.07, 6.45) is 1.44. The molecule has 3 saturated heterocycles. The third kappa shape index (κ3) is 4.58. The summed E-state index contributed by atoms with van der Waals surface area (Å²) in [5.41, 5.74) is 0.712. The fourth-order valence-electron chi connectivity index (χ4n) is 6.28. The van der Waals surface area contributed by atoms with Crippen molar-refractivity contribution in [1.82, 2.24) is 35.7 Å². The van der Waals surface area contributed by atoms with Crippen LogP contribution in [0, 0.1) is 17.2 Å². The second-order valence-corrected chi connectivity index (χ2v) is 11.7. The summed E-state index contributed by atoms with van der Waals surface area (Å²) in [4.78, 5) is 45.5. The smallest absolute Gasteiger partial charge is 0.408 e. The van der Waals surface area contributed by atoms with Crippen LogP contribution < -0.4 is 10.2 Å². The predicted octanol–water partition coefficient (Wildman–Crippen LogP) is 1.06. The van der Waals surface area contributed by atoms with Crippen LogP contribution in [0.4, 0.5) is 10.5 Å². The molecule has 6 atom stereocenters. The summed E-state index contributed by atoms with van der Waals surface area (Å²) in [5.74, 6) is 0.445. The molecule has 4 heterocycles. The maximum atomic E-state index is 13.8. The number of carbonyl (C=O) groups excluding carboxylic acids is 3. The zero-order valence-electron chi connectivity index (χ0n) is 22.1. The summed E-state index contributed by atoms with van der Waals surface area (Å²) >= 11 is 0. The van der Waals surface area contributed by atoms with Crippen LogP contribution in [0.15, 0.2) is 24.3 Å². The van der Waals surface area contributed by atoms with E-state index in [-0.39, 0.29) is 30.4 Å². The number of piperazine rings is 1. The molecule has 2 bridgehead atoms. The molecule has 1 saturated carbocycles. The standard InChI is InChI=1S/C26H31N9O4/c1-26(2,3)39-25(38)28-18(23(36)34-15(11-27)8-14-9-20(14)34)13-33-12-16-10-21(33)24(37)35(16)19-7-5-4-6-17(19)22-29-31-32-30-22/h4-7,14-16,18,20-21H,8-10,12-13H2,1-3H3,(H,28,38)(H,29,30,31,32)/t14-,15?,16+,18?,20+,21?/m1/s1. The molecular formula is C26H31N9O4. The molecule has 6 rings (SSSR count). The number of tetrazole rings is 1. The van der Waals surface area contributed by atoms with E-state index in [4.69, 9.17) is 4.74 Å². The lowest BCUT2D eigenvalue weighted by Gasteiger charge is -2.37. The highest BCUT2D eigenvalue weighted by molar-refractivity contribution is 6.04. The Kier molecular flexibility index (Phi) is 6.02. The van der Waals surface area contributed by atoms with Crippen molar-refractivity contribution in [1.29, 1.82) is 5.26 Å². The van der Waals surface area contributed by atoms with Gasteiger partial charge >= 0.3 is 6.09 Å². The highest BCUT2D eigenvalue weighted by Gasteiger charge is 2.56. The number of H-pyrrole nitrogens is 1. The molecule has 4 aliphatic rings. The largest absolute Gasteiger partial charge is 0.444 e. The van der Waals surface area contributed by atoms with Gasteiger partial charge in [0.2, 0.25) is 11.8 Å². The zero-order chi connectivity index (χ0) is 27.5. The van der Waals surface area contributed by atoms with Gasteiger partial charge in [0.1, 0.15) is 17.7 Å². The molecule has 13 nitrogen and oxygen atoms in total. The van der Waals surface area contributed by atoms with E-state index < -0.39 is 29.8 Å². The van der Waals surface area contributed by atoms with Gasteiger partial charge in [-0.2, -0.15) is 5.26 Å². The van der Waals surface area contributed by atoms with E-state index >= 15 is 0 Å². The van der Waals surface area contributed by atoms with Crippen molar-refractivity contribution in [3.63, 3.8) is 0 Å². The molecule has 204 valence electrons. The quantitative estimate of drug-likeness (QED) is 0.553. The molecule has 2 N–H and O–H groups in total. The number of alkyl carbamates (subject to hydrolysis) is 1. The maximum absolute atomic E-state index is 13.8. The van der Waals surface area contributed by atoms with Crippen molar-refractivity contribution in [2.45, 2.75) is 75.8 Å².